The van der Waals surface area contributed by atoms with E-state index in [0.717, 1.165) is 43.8 Å². The van der Waals surface area contributed by atoms with Gasteiger partial charge in [0, 0.05) is 6.54 Å². The second-order valence-corrected chi connectivity index (χ2v) is 7.17. The number of ether oxygens (including phenoxy) is 1. The first kappa shape index (κ1) is 18.7. The Morgan fingerprint density at radius 1 is 1.12 bits per heavy atom. The lowest BCUT2D eigenvalue weighted by molar-refractivity contribution is 0.225. The zero-order chi connectivity index (χ0) is 18.4. The predicted octanol–water partition coefficient (Wildman–Crippen LogP) is 4.47. The first-order valence-electron chi connectivity index (χ1n) is 9.42. The van der Waals surface area contributed by atoms with Crippen molar-refractivity contribution in [2.45, 2.75) is 32.3 Å². The van der Waals surface area contributed by atoms with Crippen LogP contribution in [0, 0.1) is 0 Å². The number of aliphatic hydroxyl groups excluding tert-OH is 1. The maximum absolute atomic E-state index is 9.57. The van der Waals surface area contributed by atoms with Crippen molar-refractivity contribution in [3.8, 4) is 5.75 Å². The lowest BCUT2D eigenvalue weighted by Gasteiger charge is -2.33. The summed E-state index contributed by atoms with van der Waals surface area (Å²) in [5, 5.41) is 9.57. The van der Waals surface area contributed by atoms with Crippen molar-refractivity contribution >= 4 is 6.08 Å². The molecule has 0 aliphatic carbocycles. The van der Waals surface area contributed by atoms with Gasteiger partial charge >= 0.3 is 0 Å². The summed E-state index contributed by atoms with van der Waals surface area (Å²) in [6.07, 6.45) is 4.58. The highest BCUT2D eigenvalue weighted by Gasteiger charge is 2.22. The molecule has 1 saturated heterocycles. The second-order valence-electron chi connectivity index (χ2n) is 7.17. The van der Waals surface area contributed by atoms with E-state index < -0.39 is 0 Å². The first-order valence-corrected chi connectivity index (χ1v) is 9.42. The molecule has 0 aromatic heterocycles. The van der Waals surface area contributed by atoms with Crippen LogP contribution >= 0.6 is 0 Å². The molecule has 1 heterocycles. The van der Waals surface area contributed by atoms with Crippen molar-refractivity contribution in [2.75, 3.05) is 26.7 Å². The van der Waals surface area contributed by atoms with Gasteiger partial charge in [0.2, 0.25) is 0 Å². The molecule has 0 unspecified atom stereocenters. The standard InChI is InChI=1S/C23H29NO2/c1-18(15-19-7-9-22(26-2)10-8-19)16-24-13-11-20(12-14-24)23-6-4-3-5-21(23)17-25/h3-10,15,20,25H,11-14,16-17H2,1-2H3/b18-15+. The van der Waals surface area contributed by atoms with Crippen LogP contribution in [0.4, 0.5) is 0 Å². The van der Waals surface area contributed by atoms with E-state index in [9.17, 15) is 5.11 Å². The number of rotatable bonds is 6. The highest BCUT2D eigenvalue weighted by Crippen LogP contribution is 2.30. The van der Waals surface area contributed by atoms with Gasteiger partial charge in [0.15, 0.2) is 0 Å². The third-order valence-electron chi connectivity index (χ3n) is 5.25. The zero-order valence-corrected chi connectivity index (χ0v) is 15.8. The maximum Gasteiger partial charge on any atom is 0.118 e. The molecule has 0 saturated carbocycles. The minimum atomic E-state index is 0.139. The monoisotopic (exact) mass is 351 g/mol. The molecular formula is C23H29NO2. The highest BCUT2D eigenvalue weighted by atomic mass is 16.5. The van der Waals surface area contributed by atoms with E-state index in [1.54, 1.807) is 7.11 Å². The molecule has 3 rings (SSSR count). The van der Waals surface area contributed by atoms with Gasteiger partial charge in [-0.2, -0.15) is 0 Å². The van der Waals surface area contributed by atoms with Crippen LogP contribution in [0.1, 0.15) is 42.4 Å². The molecule has 1 aliphatic heterocycles. The van der Waals surface area contributed by atoms with E-state index in [0.29, 0.717) is 5.92 Å². The smallest absolute Gasteiger partial charge is 0.118 e. The molecule has 3 nitrogen and oxygen atoms in total. The lowest BCUT2D eigenvalue weighted by atomic mass is 9.86. The fraction of sp³-hybridized carbons (Fsp3) is 0.391. The Balaban J connectivity index is 1.55. The van der Waals surface area contributed by atoms with Crippen LogP contribution in [0.3, 0.4) is 0 Å². The predicted molar refractivity (Wildman–Crippen MR) is 107 cm³/mol. The number of hydrogen-bond acceptors (Lipinski definition) is 3. The third kappa shape index (κ3) is 4.75. The zero-order valence-electron chi connectivity index (χ0n) is 15.8. The van der Waals surface area contributed by atoms with Gasteiger partial charge in [0.1, 0.15) is 5.75 Å². The summed E-state index contributed by atoms with van der Waals surface area (Å²) in [5.74, 6) is 1.46. The molecule has 2 aromatic carbocycles. The van der Waals surface area contributed by atoms with E-state index in [1.807, 2.05) is 24.3 Å². The van der Waals surface area contributed by atoms with Crippen LogP contribution in [0.15, 0.2) is 54.1 Å². The minimum Gasteiger partial charge on any atom is -0.497 e. The molecular weight excluding hydrogens is 322 g/mol. The lowest BCUT2D eigenvalue weighted by Crippen LogP contribution is -2.34. The normalized spacial score (nSPS) is 16.7. The average molecular weight is 351 g/mol. The molecule has 2 aromatic rings. The third-order valence-corrected chi connectivity index (χ3v) is 5.25. The molecule has 1 fully saturated rings. The van der Waals surface area contributed by atoms with Crippen LogP contribution in [-0.2, 0) is 6.61 Å². The summed E-state index contributed by atoms with van der Waals surface area (Å²) in [7, 11) is 1.69. The Labute approximate surface area is 156 Å². The quantitative estimate of drug-likeness (QED) is 0.833. The largest absolute Gasteiger partial charge is 0.497 e. The fourth-order valence-electron chi connectivity index (χ4n) is 3.86. The number of benzene rings is 2. The molecule has 0 radical (unpaired) electrons. The van der Waals surface area contributed by atoms with E-state index in [1.165, 1.54) is 16.7 Å². The molecule has 1 aliphatic rings. The number of aliphatic hydroxyl groups is 1. The van der Waals surface area contributed by atoms with Gasteiger partial charge in [-0.05, 0) is 67.6 Å². The van der Waals surface area contributed by atoms with Crippen molar-refractivity contribution in [3.05, 3.63) is 70.8 Å². The Morgan fingerprint density at radius 3 is 2.46 bits per heavy atom. The summed E-state index contributed by atoms with van der Waals surface area (Å²) in [4.78, 5) is 2.54. The first-order chi connectivity index (χ1) is 12.7. The minimum absolute atomic E-state index is 0.139. The molecule has 0 amide bonds. The molecule has 1 N–H and O–H groups in total. The summed E-state index contributed by atoms with van der Waals surface area (Å²) in [6, 6.07) is 16.5. The van der Waals surface area contributed by atoms with Crippen molar-refractivity contribution in [1.29, 1.82) is 0 Å². The van der Waals surface area contributed by atoms with E-state index >= 15 is 0 Å². The Kier molecular flexibility index (Phi) is 6.48. The van der Waals surface area contributed by atoms with Crippen LogP contribution < -0.4 is 4.74 Å². The Bertz CT molecular complexity index is 728. The topological polar surface area (TPSA) is 32.7 Å². The maximum atomic E-state index is 9.57. The number of likely N-dealkylation sites (tertiary alicyclic amines) is 1. The van der Waals surface area contributed by atoms with E-state index in [2.05, 4.69) is 42.2 Å². The summed E-state index contributed by atoms with van der Waals surface area (Å²) < 4.78 is 5.21. The molecule has 138 valence electrons. The fourth-order valence-corrected chi connectivity index (χ4v) is 3.86. The Hall–Kier alpha value is -2.10. The number of methoxy groups -OCH3 is 1. The van der Waals surface area contributed by atoms with Crippen molar-refractivity contribution in [3.63, 3.8) is 0 Å². The van der Waals surface area contributed by atoms with Crippen molar-refractivity contribution in [2.24, 2.45) is 0 Å². The average Bonchev–Trinajstić information content (AvgIpc) is 2.69. The van der Waals surface area contributed by atoms with Crippen LogP contribution in [0.2, 0.25) is 0 Å². The van der Waals surface area contributed by atoms with Crippen LogP contribution in [0.5, 0.6) is 5.75 Å². The number of nitrogens with zero attached hydrogens (tertiary/aromatic N) is 1. The summed E-state index contributed by atoms with van der Waals surface area (Å²) in [6.45, 7) is 5.58. The molecule has 0 spiro atoms. The Morgan fingerprint density at radius 2 is 1.81 bits per heavy atom. The van der Waals surface area contributed by atoms with Crippen molar-refractivity contribution < 1.29 is 9.84 Å². The molecule has 0 bridgehead atoms. The highest BCUT2D eigenvalue weighted by molar-refractivity contribution is 5.53. The second kappa shape index (κ2) is 9.02. The van der Waals surface area contributed by atoms with Crippen LogP contribution in [0.25, 0.3) is 6.08 Å². The van der Waals surface area contributed by atoms with Gasteiger partial charge in [0.05, 0.1) is 13.7 Å². The van der Waals surface area contributed by atoms with Crippen molar-refractivity contribution in [1.82, 2.24) is 4.90 Å². The number of piperidine rings is 1. The summed E-state index contributed by atoms with van der Waals surface area (Å²) in [5.41, 5.74) is 5.01. The number of hydrogen-bond donors (Lipinski definition) is 1. The SMILES string of the molecule is COc1ccc(/C=C(\C)CN2CCC(c3ccccc3CO)CC2)cc1. The van der Waals surface area contributed by atoms with Gasteiger partial charge in [-0.1, -0.05) is 48.0 Å². The van der Waals surface area contributed by atoms with Gasteiger partial charge in [0.25, 0.3) is 0 Å². The molecule has 0 atom stereocenters. The van der Waals surface area contributed by atoms with E-state index in [4.69, 9.17) is 4.74 Å². The molecule has 3 heteroatoms. The van der Waals surface area contributed by atoms with Gasteiger partial charge in [-0.3, -0.25) is 4.90 Å². The van der Waals surface area contributed by atoms with Gasteiger partial charge in [-0.15, -0.1) is 0 Å². The van der Waals surface area contributed by atoms with Gasteiger partial charge < -0.3 is 9.84 Å². The molecule has 26 heavy (non-hydrogen) atoms. The van der Waals surface area contributed by atoms with Crippen LogP contribution in [-0.4, -0.2) is 36.8 Å². The van der Waals surface area contributed by atoms with E-state index in [-0.39, 0.29) is 6.61 Å². The summed E-state index contributed by atoms with van der Waals surface area (Å²) >= 11 is 0. The van der Waals surface area contributed by atoms with Gasteiger partial charge in [-0.25, -0.2) is 0 Å².